The van der Waals surface area contributed by atoms with E-state index in [1.807, 2.05) is 18.3 Å². The topological polar surface area (TPSA) is 82.2 Å². The first kappa shape index (κ1) is 26.2. The van der Waals surface area contributed by atoms with Gasteiger partial charge in [0.2, 0.25) is 5.95 Å². The molecular formula is C31H40N6O. The number of hydrogen-bond acceptors (Lipinski definition) is 5. The summed E-state index contributed by atoms with van der Waals surface area (Å²) >= 11 is 0. The molecule has 7 heteroatoms. The van der Waals surface area contributed by atoms with E-state index in [9.17, 15) is 4.79 Å². The molecule has 1 unspecified atom stereocenters. The summed E-state index contributed by atoms with van der Waals surface area (Å²) in [4.78, 5) is 24.2. The van der Waals surface area contributed by atoms with Crippen molar-refractivity contribution in [2.24, 2.45) is 0 Å². The zero-order valence-electron chi connectivity index (χ0n) is 22.7. The molecule has 2 aliphatic rings. The molecule has 5 rings (SSSR count). The van der Waals surface area contributed by atoms with Crippen molar-refractivity contribution in [3.63, 3.8) is 0 Å². The minimum atomic E-state index is -0.110. The summed E-state index contributed by atoms with van der Waals surface area (Å²) in [6.07, 6.45) is 10.9. The van der Waals surface area contributed by atoms with Crippen LogP contribution in [0.1, 0.15) is 67.6 Å². The number of carbonyl (C=O) groups excluding carboxylic acids is 1. The number of rotatable bonds is 9. The number of nitrogens with zero attached hydrogens (tertiary/aromatic N) is 3. The van der Waals surface area contributed by atoms with Gasteiger partial charge in [-0.3, -0.25) is 0 Å². The minimum Gasteiger partial charge on any atom is -0.354 e. The lowest BCUT2D eigenvalue weighted by Gasteiger charge is -2.28. The van der Waals surface area contributed by atoms with Gasteiger partial charge >= 0.3 is 6.03 Å². The van der Waals surface area contributed by atoms with E-state index in [0.717, 1.165) is 56.6 Å². The highest BCUT2D eigenvalue weighted by Gasteiger charge is 2.27. The van der Waals surface area contributed by atoms with Crippen LogP contribution in [0.3, 0.4) is 0 Å². The average Bonchev–Trinajstić information content (AvgIpc) is 2.93. The zero-order chi connectivity index (χ0) is 26.3. The third kappa shape index (κ3) is 6.51. The second kappa shape index (κ2) is 12.4. The Balaban J connectivity index is 1.26. The smallest absolute Gasteiger partial charge is 0.319 e. The molecule has 2 aromatic carbocycles. The predicted octanol–water partition coefficient (Wildman–Crippen LogP) is 6.04. The number of hydrogen-bond donors (Lipinski definition) is 3. The maximum atomic E-state index is 12.5. The standard InChI is InChI=1S/C31H40N6O/c1-37(2)19-9-8-18-32-30-33-21-23-20-28(26-12-6-7-13-27(26)29(23)36-30)22-14-16-25(17-15-22)35-31(38)34-24-10-4-3-5-11-24/h6-7,12-17,21,24,28H,3-5,8-11,18-20H2,1-2H3,(H,32,33,36)(H2,34,35,38). The molecule has 0 spiro atoms. The lowest BCUT2D eigenvalue weighted by atomic mass is 9.78. The molecule has 0 saturated heterocycles. The van der Waals surface area contributed by atoms with Crippen LogP contribution in [-0.4, -0.2) is 54.1 Å². The molecule has 2 aliphatic carbocycles. The Labute approximate surface area is 226 Å². The van der Waals surface area contributed by atoms with Gasteiger partial charge in [0.05, 0.1) is 5.69 Å². The number of nitrogens with one attached hydrogen (secondary N) is 3. The highest BCUT2D eigenvalue weighted by Crippen LogP contribution is 2.42. The SMILES string of the molecule is CN(C)CCCCNc1ncc2c(n1)-c1ccccc1C(c1ccc(NC(=O)NC3CCCCC3)cc1)C2. The minimum absolute atomic E-state index is 0.110. The van der Waals surface area contributed by atoms with Crippen LogP contribution in [0, 0.1) is 0 Å². The van der Waals surface area contributed by atoms with Gasteiger partial charge in [-0.25, -0.2) is 14.8 Å². The van der Waals surface area contributed by atoms with Crippen molar-refractivity contribution < 1.29 is 4.79 Å². The van der Waals surface area contributed by atoms with Crippen molar-refractivity contribution in [3.05, 3.63) is 71.4 Å². The second-order valence-electron chi connectivity index (χ2n) is 10.9. The number of unbranched alkanes of at least 4 members (excludes halogenated alkanes) is 1. The van der Waals surface area contributed by atoms with Gasteiger partial charge in [0.15, 0.2) is 0 Å². The number of benzene rings is 2. The zero-order valence-corrected chi connectivity index (χ0v) is 22.7. The van der Waals surface area contributed by atoms with E-state index >= 15 is 0 Å². The predicted molar refractivity (Wildman–Crippen MR) is 155 cm³/mol. The van der Waals surface area contributed by atoms with Crippen molar-refractivity contribution in [1.82, 2.24) is 20.2 Å². The summed E-state index contributed by atoms with van der Waals surface area (Å²) < 4.78 is 0. The molecule has 3 N–H and O–H groups in total. The van der Waals surface area contributed by atoms with Gasteiger partial charge in [-0.05, 0) is 81.6 Å². The molecule has 1 atom stereocenters. The van der Waals surface area contributed by atoms with E-state index in [4.69, 9.17) is 4.98 Å². The number of aromatic nitrogens is 2. The molecule has 38 heavy (non-hydrogen) atoms. The quantitative estimate of drug-likeness (QED) is 0.305. The van der Waals surface area contributed by atoms with Gasteiger partial charge in [0.25, 0.3) is 0 Å². The number of amides is 2. The number of carbonyl (C=O) groups is 1. The fourth-order valence-corrected chi connectivity index (χ4v) is 5.67. The second-order valence-corrected chi connectivity index (χ2v) is 10.9. The number of fused-ring (bicyclic) bond motifs is 3. The lowest BCUT2D eigenvalue weighted by molar-refractivity contribution is 0.244. The third-order valence-electron chi connectivity index (χ3n) is 7.71. The van der Waals surface area contributed by atoms with Crippen molar-refractivity contribution in [1.29, 1.82) is 0 Å². The Hall–Kier alpha value is -3.45. The molecule has 1 fully saturated rings. The molecular weight excluding hydrogens is 472 g/mol. The average molecular weight is 513 g/mol. The fraction of sp³-hybridized carbons (Fsp3) is 0.452. The monoisotopic (exact) mass is 512 g/mol. The summed E-state index contributed by atoms with van der Waals surface area (Å²) in [5.41, 5.74) is 6.69. The van der Waals surface area contributed by atoms with Crippen LogP contribution in [0.2, 0.25) is 0 Å². The van der Waals surface area contributed by atoms with Gasteiger partial charge < -0.3 is 20.9 Å². The van der Waals surface area contributed by atoms with E-state index in [1.165, 1.54) is 41.5 Å². The van der Waals surface area contributed by atoms with E-state index in [0.29, 0.717) is 12.0 Å². The molecule has 1 saturated carbocycles. The van der Waals surface area contributed by atoms with Gasteiger partial charge in [-0.15, -0.1) is 0 Å². The van der Waals surface area contributed by atoms with Crippen LogP contribution in [0.5, 0.6) is 0 Å². The normalized spacial score (nSPS) is 17.0. The molecule has 200 valence electrons. The maximum absolute atomic E-state index is 12.5. The summed E-state index contributed by atoms with van der Waals surface area (Å²) in [6.45, 7) is 1.96. The molecule has 0 aliphatic heterocycles. The Morgan fingerprint density at radius 2 is 1.79 bits per heavy atom. The summed E-state index contributed by atoms with van der Waals surface area (Å²) in [6, 6.07) is 17.0. The molecule has 1 aromatic heterocycles. The van der Waals surface area contributed by atoms with Gasteiger partial charge in [0.1, 0.15) is 0 Å². The number of anilines is 2. The van der Waals surface area contributed by atoms with E-state index in [-0.39, 0.29) is 11.9 Å². The van der Waals surface area contributed by atoms with Crippen molar-refractivity contribution in [3.8, 4) is 11.3 Å². The molecule has 2 amide bonds. The van der Waals surface area contributed by atoms with Crippen LogP contribution < -0.4 is 16.0 Å². The number of urea groups is 1. The largest absolute Gasteiger partial charge is 0.354 e. The fourth-order valence-electron chi connectivity index (χ4n) is 5.67. The first-order chi connectivity index (χ1) is 18.6. The van der Waals surface area contributed by atoms with Crippen LogP contribution in [-0.2, 0) is 6.42 Å². The third-order valence-corrected chi connectivity index (χ3v) is 7.71. The highest BCUT2D eigenvalue weighted by atomic mass is 16.2. The van der Waals surface area contributed by atoms with Crippen molar-refractivity contribution in [2.45, 2.75) is 63.3 Å². The summed E-state index contributed by atoms with van der Waals surface area (Å²) in [7, 11) is 4.21. The van der Waals surface area contributed by atoms with Crippen LogP contribution >= 0.6 is 0 Å². The van der Waals surface area contributed by atoms with E-state index in [1.54, 1.807) is 0 Å². The molecule has 0 bridgehead atoms. The van der Waals surface area contributed by atoms with Gasteiger partial charge in [-0.2, -0.15) is 0 Å². The Kier molecular flexibility index (Phi) is 8.54. The molecule has 7 nitrogen and oxygen atoms in total. The maximum Gasteiger partial charge on any atom is 0.319 e. The Morgan fingerprint density at radius 3 is 2.58 bits per heavy atom. The Morgan fingerprint density at radius 1 is 1.00 bits per heavy atom. The first-order valence-electron chi connectivity index (χ1n) is 14.1. The molecule has 0 radical (unpaired) electrons. The van der Waals surface area contributed by atoms with Crippen LogP contribution in [0.15, 0.2) is 54.7 Å². The summed E-state index contributed by atoms with van der Waals surface area (Å²) in [5, 5.41) is 9.55. The lowest BCUT2D eigenvalue weighted by Crippen LogP contribution is -2.39. The van der Waals surface area contributed by atoms with E-state index < -0.39 is 0 Å². The van der Waals surface area contributed by atoms with Crippen molar-refractivity contribution in [2.75, 3.05) is 37.8 Å². The summed E-state index contributed by atoms with van der Waals surface area (Å²) in [5.74, 6) is 0.918. The van der Waals surface area contributed by atoms with Gasteiger partial charge in [0, 0.05) is 36.0 Å². The van der Waals surface area contributed by atoms with Crippen LogP contribution in [0.25, 0.3) is 11.3 Å². The van der Waals surface area contributed by atoms with Gasteiger partial charge in [-0.1, -0.05) is 55.7 Å². The Bertz CT molecular complexity index is 1220. The molecule has 1 heterocycles. The van der Waals surface area contributed by atoms with E-state index in [2.05, 4.69) is 76.3 Å². The van der Waals surface area contributed by atoms with Crippen molar-refractivity contribution >= 4 is 17.7 Å². The first-order valence-corrected chi connectivity index (χ1v) is 14.1. The molecule has 3 aromatic rings. The van der Waals surface area contributed by atoms with Crippen LogP contribution in [0.4, 0.5) is 16.4 Å². The highest BCUT2D eigenvalue weighted by molar-refractivity contribution is 5.89.